The first-order valence-electron chi connectivity index (χ1n) is 4.63. The summed E-state index contributed by atoms with van der Waals surface area (Å²) < 4.78 is 5.34. The maximum atomic E-state index is 5.50. The largest absolute Gasteiger partial charge is 0.468 e. The molecule has 2 N–H and O–H groups in total. The molecule has 0 aliphatic carbocycles. The maximum Gasteiger partial charge on any atom is 0.123 e. The molecule has 2 aromatic heterocycles. The quantitative estimate of drug-likeness (QED) is 0.808. The van der Waals surface area contributed by atoms with Crippen LogP contribution < -0.4 is 5.73 Å². The summed E-state index contributed by atoms with van der Waals surface area (Å²) in [6.07, 6.45) is 3.49. The third-order valence-corrected chi connectivity index (χ3v) is 3.08. The van der Waals surface area contributed by atoms with Gasteiger partial charge in [-0.25, -0.2) is 4.98 Å². The third kappa shape index (κ3) is 2.53. The molecule has 15 heavy (non-hydrogen) atoms. The van der Waals surface area contributed by atoms with Gasteiger partial charge in [0.1, 0.15) is 11.6 Å². The summed E-state index contributed by atoms with van der Waals surface area (Å²) in [6, 6.07) is 5.74. The van der Waals surface area contributed by atoms with E-state index in [1.807, 2.05) is 19.1 Å². The summed E-state index contributed by atoms with van der Waals surface area (Å²) in [4.78, 5) is 5.13. The highest BCUT2D eigenvalue weighted by atomic mass is 32.2. The van der Waals surface area contributed by atoms with Crippen molar-refractivity contribution >= 4 is 17.6 Å². The zero-order chi connectivity index (χ0) is 10.7. The van der Waals surface area contributed by atoms with Gasteiger partial charge in [0, 0.05) is 11.1 Å². The Kier molecular flexibility index (Phi) is 2.97. The van der Waals surface area contributed by atoms with Gasteiger partial charge in [0.25, 0.3) is 0 Å². The number of hydrogen-bond donors (Lipinski definition) is 1. The average molecular weight is 220 g/mol. The molecule has 2 rings (SSSR count). The van der Waals surface area contributed by atoms with E-state index in [1.165, 1.54) is 5.56 Å². The van der Waals surface area contributed by atoms with Crippen LogP contribution in [0.4, 0.5) is 5.82 Å². The van der Waals surface area contributed by atoms with Crippen molar-refractivity contribution in [3.8, 4) is 0 Å². The van der Waals surface area contributed by atoms with Crippen LogP contribution in [0.1, 0.15) is 11.3 Å². The molecule has 0 amide bonds. The molecule has 0 aromatic carbocycles. The maximum absolute atomic E-state index is 5.50. The highest BCUT2D eigenvalue weighted by Crippen LogP contribution is 2.24. The van der Waals surface area contributed by atoms with Crippen molar-refractivity contribution in [2.75, 3.05) is 5.73 Å². The molecule has 0 saturated carbocycles. The molecule has 4 heteroatoms. The minimum Gasteiger partial charge on any atom is -0.468 e. The number of aryl methyl sites for hydroxylation is 1. The summed E-state index contributed by atoms with van der Waals surface area (Å²) in [5.41, 5.74) is 6.69. The predicted octanol–water partition coefficient (Wildman–Crippen LogP) is 2.86. The second-order valence-electron chi connectivity index (χ2n) is 3.23. The SMILES string of the molecule is Cc1ccoc1CSc1ccc(N)nc1. The summed E-state index contributed by atoms with van der Waals surface area (Å²) in [5.74, 6) is 2.38. The number of nitrogens with two attached hydrogens (primary N) is 1. The number of thioether (sulfide) groups is 1. The fourth-order valence-corrected chi connectivity index (χ4v) is 2.06. The Balaban J connectivity index is 1.99. The van der Waals surface area contributed by atoms with Crippen molar-refractivity contribution in [1.82, 2.24) is 4.98 Å². The van der Waals surface area contributed by atoms with Gasteiger partial charge in [-0.2, -0.15) is 0 Å². The lowest BCUT2D eigenvalue weighted by Gasteiger charge is -2.00. The first kappa shape index (κ1) is 10.1. The second-order valence-corrected chi connectivity index (χ2v) is 4.28. The lowest BCUT2D eigenvalue weighted by Crippen LogP contribution is -1.88. The number of pyridine rings is 1. The van der Waals surface area contributed by atoms with Gasteiger partial charge in [-0.05, 0) is 30.7 Å². The first-order chi connectivity index (χ1) is 7.25. The van der Waals surface area contributed by atoms with Crippen LogP contribution in [0.25, 0.3) is 0 Å². The van der Waals surface area contributed by atoms with Crippen molar-refractivity contribution in [1.29, 1.82) is 0 Å². The molecule has 0 fully saturated rings. The summed E-state index contributed by atoms with van der Waals surface area (Å²) in [5, 5.41) is 0. The molecule has 0 aliphatic heterocycles. The van der Waals surface area contributed by atoms with Crippen LogP contribution in [0.2, 0.25) is 0 Å². The Morgan fingerprint density at radius 3 is 2.87 bits per heavy atom. The van der Waals surface area contributed by atoms with Gasteiger partial charge in [-0.1, -0.05) is 0 Å². The van der Waals surface area contributed by atoms with E-state index in [0.717, 1.165) is 16.4 Å². The van der Waals surface area contributed by atoms with Crippen LogP contribution >= 0.6 is 11.8 Å². The second kappa shape index (κ2) is 4.40. The van der Waals surface area contributed by atoms with Crippen LogP contribution in [-0.4, -0.2) is 4.98 Å². The van der Waals surface area contributed by atoms with Crippen molar-refractivity contribution in [2.24, 2.45) is 0 Å². The van der Waals surface area contributed by atoms with E-state index >= 15 is 0 Å². The number of hydrogen-bond acceptors (Lipinski definition) is 4. The Labute approximate surface area is 92.7 Å². The van der Waals surface area contributed by atoms with E-state index < -0.39 is 0 Å². The zero-order valence-corrected chi connectivity index (χ0v) is 9.25. The Morgan fingerprint density at radius 2 is 2.27 bits per heavy atom. The highest BCUT2D eigenvalue weighted by Gasteiger charge is 2.02. The van der Waals surface area contributed by atoms with Gasteiger partial charge in [0.15, 0.2) is 0 Å². The van der Waals surface area contributed by atoms with Crippen molar-refractivity contribution < 1.29 is 4.42 Å². The Bertz CT molecular complexity index is 436. The van der Waals surface area contributed by atoms with Crippen molar-refractivity contribution in [3.63, 3.8) is 0 Å². The molecular formula is C11H12N2OS. The van der Waals surface area contributed by atoms with Crippen LogP contribution in [-0.2, 0) is 5.75 Å². The van der Waals surface area contributed by atoms with Crippen molar-refractivity contribution in [3.05, 3.63) is 42.0 Å². The highest BCUT2D eigenvalue weighted by molar-refractivity contribution is 7.98. The third-order valence-electron chi connectivity index (χ3n) is 2.10. The van der Waals surface area contributed by atoms with Crippen LogP contribution in [0.15, 0.2) is 40.0 Å². The molecule has 0 spiro atoms. The van der Waals surface area contributed by atoms with Crippen LogP contribution in [0.3, 0.4) is 0 Å². The number of nitrogens with zero attached hydrogens (tertiary/aromatic N) is 1. The summed E-state index contributed by atoms with van der Waals surface area (Å²) in [7, 11) is 0. The van der Waals surface area contributed by atoms with E-state index in [2.05, 4.69) is 4.98 Å². The van der Waals surface area contributed by atoms with E-state index in [9.17, 15) is 0 Å². The normalized spacial score (nSPS) is 10.5. The molecule has 0 saturated heterocycles. The molecule has 0 radical (unpaired) electrons. The van der Waals surface area contributed by atoms with E-state index in [4.69, 9.17) is 10.2 Å². The number of furan rings is 1. The molecule has 2 aromatic rings. The van der Waals surface area contributed by atoms with Crippen LogP contribution in [0.5, 0.6) is 0 Å². The predicted molar refractivity (Wildman–Crippen MR) is 61.7 cm³/mol. The van der Waals surface area contributed by atoms with E-state index in [1.54, 1.807) is 30.3 Å². The average Bonchev–Trinajstić information content (AvgIpc) is 2.63. The first-order valence-corrected chi connectivity index (χ1v) is 5.61. The smallest absolute Gasteiger partial charge is 0.123 e. The molecule has 0 bridgehead atoms. The fraction of sp³-hybridized carbons (Fsp3) is 0.182. The number of rotatable bonds is 3. The monoisotopic (exact) mass is 220 g/mol. The lowest BCUT2D eigenvalue weighted by molar-refractivity contribution is 0.528. The van der Waals surface area contributed by atoms with Gasteiger partial charge in [0.05, 0.1) is 12.0 Å². The van der Waals surface area contributed by atoms with Crippen LogP contribution in [0, 0.1) is 6.92 Å². The Hall–Kier alpha value is -1.42. The number of aromatic nitrogens is 1. The van der Waals surface area contributed by atoms with Gasteiger partial charge < -0.3 is 10.2 Å². The number of nitrogen functional groups attached to an aromatic ring is 1. The molecule has 0 atom stereocenters. The number of anilines is 1. The molecular weight excluding hydrogens is 208 g/mol. The minimum atomic E-state index is 0.550. The standard InChI is InChI=1S/C11H12N2OS/c1-8-4-5-14-10(8)7-15-9-2-3-11(12)13-6-9/h2-6H,7H2,1H3,(H2,12,13). The Morgan fingerprint density at radius 1 is 1.40 bits per heavy atom. The summed E-state index contributed by atoms with van der Waals surface area (Å²) in [6.45, 7) is 2.04. The van der Waals surface area contributed by atoms with Gasteiger partial charge in [-0.3, -0.25) is 0 Å². The molecule has 78 valence electrons. The lowest BCUT2D eigenvalue weighted by atomic mass is 10.3. The van der Waals surface area contributed by atoms with Gasteiger partial charge in [-0.15, -0.1) is 11.8 Å². The molecule has 0 unspecified atom stereocenters. The molecule has 0 aliphatic rings. The topological polar surface area (TPSA) is 52.0 Å². The van der Waals surface area contributed by atoms with Crippen molar-refractivity contribution in [2.45, 2.75) is 17.6 Å². The zero-order valence-electron chi connectivity index (χ0n) is 8.43. The molecule has 3 nitrogen and oxygen atoms in total. The van der Waals surface area contributed by atoms with E-state index in [0.29, 0.717) is 5.82 Å². The fourth-order valence-electron chi connectivity index (χ4n) is 1.18. The minimum absolute atomic E-state index is 0.550. The van der Waals surface area contributed by atoms with E-state index in [-0.39, 0.29) is 0 Å². The molecule has 2 heterocycles. The van der Waals surface area contributed by atoms with Gasteiger partial charge >= 0.3 is 0 Å². The summed E-state index contributed by atoms with van der Waals surface area (Å²) >= 11 is 1.69. The van der Waals surface area contributed by atoms with Gasteiger partial charge in [0.2, 0.25) is 0 Å².